The van der Waals surface area contributed by atoms with Gasteiger partial charge in [0, 0.05) is 0 Å². The van der Waals surface area contributed by atoms with E-state index in [4.69, 9.17) is 0 Å². The van der Waals surface area contributed by atoms with Gasteiger partial charge in [0.1, 0.15) is 0 Å². The van der Waals surface area contributed by atoms with Crippen LogP contribution in [0.5, 0.6) is 0 Å². The maximum atomic E-state index is 4.03. The molecule has 0 N–H and O–H groups in total. The van der Waals surface area contributed by atoms with Crippen molar-refractivity contribution >= 4 is 36.0 Å². The Morgan fingerprint density at radius 3 is 1.64 bits per heavy atom. The molecule has 0 spiro atoms. The zero-order valence-corrected chi connectivity index (χ0v) is 15.8. The molecule has 0 radical (unpaired) electrons. The van der Waals surface area contributed by atoms with Gasteiger partial charge < -0.3 is 0 Å². The van der Waals surface area contributed by atoms with Gasteiger partial charge in [0.05, 0.1) is 0 Å². The molecule has 3 aromatic carbocycles. The highest BCUT2D eigenvalue weighted by Crippen LogP contribution is 2.37. The van der Waals surface area contributed by atoms with Gasteiger partial charge in [0.2, 0.25) is 0 Å². The fourth-order valence-corrected chi connectivity index (χ4v) is 5.94. The zero-order valence-electron chi connectivity index (χ0n) is 14.9. The number of rotatable bonds is 5. The summed E-state index contributed by atoms with van der Waals surface area (Å²) in [6, 6.07) is 23.8. The van der Waals surface area contributed by atoms with Gasteiger partial charge in [0.25, 0.3) is 0 Å². The summed E-state index contributed by atoms with van der Waals surface area (Å²) in [7, 11) is -0.679. The molecule has 0 aliphatic heterocycles. The quantitative estimate of drug-likeness (QED) is 0.549. The first-order valence-electron chi connectivity index (χ1n) is 8.46. The minimum atomic E-state index is -0.679. The van der Waals surface area contributed by atoms with Crippen LogP contribution < -0.4 is 15.9 Å². The van der Waals surface area contributed by atoms with Gasteiger partial charge in [-0.1, -0.05) is 92.0 Å². The van der Waals surface area contributed by atoms with E-state index in [1.807, 2.05) is 12.2 Å². The maximum absolute atomic E-state index is 4.03. The molecule has 1 heteroatoms. The molecule has 3 aromatic rings. The Kier molecular flexibility index (Phi) is 5.31. The highest BCUT2D eigenvalue weighted by Gasteiger charge is 2.22. The first-order valence-corrected chi connectivity index (χ1v) is 9.81. The van der Waals surface area contributed by atoms with Crippen LogP contribution in [0.15, 0.2) is 79.9 Å². The molecular weight excluding hydrogens is 319 g/mol. The summed E-state index contributed by atoms with van der Waals surface area (Å²) in [4.78, 5) is 0. The molecule has 124 valence electrons. The molecule has 25 heavy (non-hydrogen) atoms. The second-order valence-electron chi connectivity index (χ2n) is 6.08. The van der Waals surface area contributed by atoms with Crippen molar-refractivity contribution in [2.75, 3.05) is 0 Å². The van der Waals surface area contributed by atoms with Gasteiger partial charge in [-0.05, 0) is 59.9 Å². The summed E-state index contributed by atoms with van der Waals surface area (Å²) in [5.74, 6) is 0. The van der Waals surface area contributed by atoms with Gasteiger partial charge in [0.15, 0.2) is 0 Å². The van der Waals surface area contributed by atoms with Crippen LogP contribution in [0.1, 0.15) is 22.3 Å². The average Bonchev–Trinajstić information content (AvgIpc) is 2.66. The predicted octanol–water partition coefficient (Wildman–Crippen LogP) is 5.35. The van der Waals surface area contributed by atoms with Crippen molar-refractivity contribution in [3.05, 3.63) is 102 Å². The minimum absolute atomic E-state index is 0.679. The van der Waals surface area contributed by atoms with E-state index in [2.05, 4.69) is 93.7 Å². The molecule has 0 saturated heterocycles. The maximum Gasteiger partial charge on any atom is -0.00786 e. The van der Waals surface area contributed by atoms with Crippen LogP contribution in [-0.4, -0.2) is 0 Å². The smallest absolute Gasteiger partial charge is 0.00786 e. The Morgan fingerprint density at radius 1 is 0.640 bits per heavy atom. The molecule has 3 rings (SSSR count). The highest BCUT2D eigenvalue weighted by atomic mass is 31.1. The number of benzene rings is 3. The van der Waals surface area contributed by atoms with Gasteiger partial charge in [-0.25, -0.2) is 0 Å². The van der Waals surface area contributed by atoms with Crippen LogP contribution in [-0.2, 0) is 0 Å². The van der Waals surface area contributed by atoms with Crippen LogP contribution in [0.2, 0.25) is 0 Å². The van der Waals surface area contributed by atoms with Crippen molar-refractivity contribution in [2.24, 2.45) is 0 Å². The van der Waals surface area contributed by atoms with Crippen LogP contribution in [0.4, 0.5) is 0 Å². The molecule has 0 aliphatic carbocycles. The van der Waals surface area contributed by atoms with Crippen molar-refractivity contribution in [1.82, 2.24) is 0 Å². The summed E-state index contributed by atoms with van der Waals surface area (Å²) in [5.41, 5.74) is 5.10. The van der Waals surface area contributed by atoms with Gasteiger partial charge in [-0.15, -0.1) is 0 Å². The van der Waals surface area contributed by atoms with Gasteiger partial charge >= 0.3 is 0 Å². The Bertz CT molecular complexity index is 869. The molecule has 0 nitrogen and oxygen atoms in total. The molecule has 0 aromatic heterocycles. The van der Waals surface area contributed by atoms with Crippen LogP contribution in [0.25, 0.3) is 12.2 Å². The fraction of sp³-hybridized carbons (Fsp3) is 0.0833. The Hall–Kier alpha value is -2.43. The van der Waals surface area contributed by atoms with Crippen LogP contribution in [0.3, 0.4) is 0 Å². The van der Waals surface area contributed by atoms with E-state index < -0.39 is 7.92 Å². The summed E-state index contributed by atoms with van der Waals surface area (Å²) in [6.07, 6.45) is 3.93. The summed E-state index contributed by atoms with van der Waals surface area (Å²) < 4.78 is 0. The third kappa shape index (κ3) is 3.36. The lowest BCUT2D eigenvalue weighted by Gasteiger charge is -2.25. The summed E-state index contributed by atoms with van der Waals surface area (Å²) in [5, 5.41) is 4.09. The molecule has 0 saturated carbocycles. The lowest BCUT2D eigenvalue weighted by Crippen LogP contribution is -2.25. The summed E-state index contributed by atoms with van der Waals surface area (Å²) >= 11 is 0. The SMILES string of the molecule is C=Cc1ccccc1P(c1ccccc1C=C)c1cccc(C)c1C. The van der Waals surface area contributed by atoms with E-state index in [0.717, 1.165) is 0 Å². The Morgan fingerprint density at radius 2 is 1.12 bits per heavy atom. The van der Waals surface area contributed by atoms with Crippen molar-refractivity contribution < 1.29 is 0 Å². The average molecular weight is 342 g/mol. The second-order valence-corrected chi connectivity index (χ2v) is 8.20. The van der Waals surface area contributed by atoms with E-state index >= 15 is 0 Å². The third-order valence-corrected chi connectivity index (χ3v) is 7.36. The van der Waals surface area contributed by atoms with Crippen molar-refractivity contribution in [3.8, 4) is 0 Å². The highest BCUT2D eigenvalue weighted by molar-refractivity contribution is 7.80. The topological polar surface area (TPSA) is 0 Å². The van der Waals surface area contributed by atoms with Crippen LogP contribution in [0, 0.1) is 13.8 Å². The van der Waals surface area contributed by atoms with Crippen molar-refractivity contribution in [3.63, 3.8) is 0 Å². The molecule has 0 unspecified atom stereocenters. The van der Waals surface area contributed by atoms with Crippen molar-refractivity contribution in [2.45, 2.75) is 13.8 Å². The standard InChI is InChI=1S/C24H23P/c1-5-20-13-7-9-15-23(20)25(22-17-11-12-18(3)19(22)4)24-16-10-8-14-21(24)6-2/h5-17H,1-2H2,3-4H3. The fourth-order valence-electron chi connectivity index (χ4n) is 3.09. The van der Waals surface area contributed by atoms with Gasteiger partial charge in [-0.2, -0.15) is 0 Å². The number of hydrogen-bond donors (Lipinski definition) is 0. The van der Waals surface area contributed by atoms with Gasteiger partial charge in [-0.3, -0.25) is 0 Å². The molecule has 0 heterocycles. The number of aryl methyl sites for hydroxylation is 1. The van der Waals surface area contributed by atoms with E-state index in [1.54, 1.807) is 0 Å². The molecule has 0 aliphatic rings. The van der Waals surface area contributed by atoms with E-state index in [1.165, 1.54) is 38.2 Å². The molecule has 0 bridgehead atoms. The molecular formula is C24H23P. The molecule has 0 atom stereocenters. The molecule has 0 fully saturated rings. The van der Waals surface area contributed by atoms with Crippen molar-refractivity contribution in [1.29, 1.82) is 0 Å². The Balaban J connectivity index is 2.34. The largest absolute Gasteiger partial charge is 0.0984 e. The van der Waals surface area contributed by atoms with E-state index in [-0.39, 0.29) is 0 Å². The monoisotopic (exact) mass is 342 g/mol. The Labute approximate surface area is 152 Å². The summed E-state index contributed by atoms with van der Waals surface area (Å²) in [6.45, 7) is 12.5. The minimum Gasteiger partial charge on any atom is -0.0984 e. The third-order valence-electron chi connectivity index (χ3n) is 4.61. The second kappa shape index (κ2) is 7.64. The first kappa shape index (κ1) is 17.4. The predicted molar refractivity (Wildman–Crippen MR) is 115 cm³/mol. The van der Waals surface area contributed by atoms with E-state index in [0.29, 0.717) is 0 Å². The lowest BCUT2D eigenvalue weighted by atomic mass is 10.1. The normalized spacial score (nSPS) is 10.7. The lowest BCUT2D eigenvalue weighted by molar-refractivity contribution is 1.37. The van der Waals surface area contributed by atoms with E-state index in [9.17, 15) is 0 Å². The molecule has 0 amide bonds. The number of hydrogen-bond acceptors (Lipinski definition) is 0. The van der Waals surface area contributed by atoms with Crippen LogP contribution >= 0.6 is 7.92 Å². The zero-order chi connectivity index (χ0) is 17.8. The first-order chi connectivity index (χ1) is 12.2.